The predicted molar refractivity (Wildman–Crippen MR) is 57.4 cm³/mol. The number of carbonyl (C=O) groups is 1. The number of thiophene rings is 1. The summed E-state index contributed by atoms with van der Waals surface area (Å²) in [6.45, 7) is 0. The van der Waals surface area contributed by atoms with Crippen LogP contribution in [0.4, 0.5) is 0 Å². The van der Waals surface area contributed by atoms with Crippen molar-refractivity contribution >= 4 is 27.2 Å². The number of hydrogen-bond acceptors (Lipinski definition) is 4. The predicted octanol–water partition coefficient (Wildman–Crippen LogP) is 2.18. The normalized spacial score (nSPS) is 20.1. The highest BCUT2D eigenvalue weighted by atomic mass is 32.1. The van der Waals surface area contributed by atoms with Gasteiger partial charge in [-0.05, 0) is 12.1 Å². The van der Waals surface area contributed by atoms with Crippen LogP contribution in [0.2, 0.25) is 0 Å². The topological polar surface area (TPSA) is 46.5 Å². The molecule has 0 amide bonds. The number of hydrogen-bond donors (Lipinski definition) is 1. The van der Waals surface area contributed by atoms with Crippen molar-refractivity contribution in [3.05, 3.63) is 29.1 Å². The van der Waals surface area contributed by atoms with Crippen LogP contribution in [0.15, 0.2) is 24.3 Å². The van der Waals surface area contributed by atoms with Gasteiger partial charge in [0.05, 0.1) is 6.42 Å². The molecule has 4 heteroatoms. The molecule has 2 heterocycles. The summed E-state index contributed by atoms with van der Waals surface area (Å²) in [5, 5.41) is 10.3. The van der Waals surface area contributed by atoms with Crippen LogP contribution in [-0.2, 0) is 0 Å². The smallest absolute Gasteiger partial charge is 0.204 e. The molecule has 3 rings (SSSR count). The Balaban J connectivity index is 2.32. The number of Topliss-reactive ketones (excluding diaryl/α,β-unsaturated/α-hetero) is 1. The average Bonchev–Trinajstić information content (AvgIpc) is 2.57. The fraction of sp³-hybridized carbons (Fsp3) is 0.182. The van der Waals surface area contributed by atoms with Gasteiger partial charge in [0, 0.05) is 10.1 Å². The SMILES string of the molecule is O=C1CC(O)Oc2c1sc1ccccc21. The quantitative estimate of drug-likeness (QED) is 0.740. The van der Waals surface area contributed by atoms with Crippen LogP contribution in [0.1, 0.15) is 16.1 Å². The number of ether oxygens (including phenoxy) is 1. The third-order valence-electron chi connectivity index (χ3n) is 2.42. The van der Waals surface area contributed by atoms with Gasteiger partial charge in [0.15, 0.2) is 11.5 Å². The molecule has 76 valence electrons. The third kappa shape index (κ3) is 1.26. The van der Waals surface area contributed by atoms with E-state index >= 15 is 0 Å². The summed E-state index contributed by atoms with van der Waals surface area (Å²) in [5.41, 5.74) is 0. The fourth-order valence-electron chi connectivity index (χ4n) is 1.75. The summed E-state index contributed by atoms with van der Waals surface area (Å²) in [7, 11) is 0. The molecule has 0 saturated heterocycles. The minimum absolute atomic E-state index is 0.0371. The number of carbonyl (C=O) groups excluding carboxylic acids is 1. The zero-order chi connectivity index (χ0) is 10.4. The van der Waals surface area contributed by atoms with Crippen LogP contribution in [0.3, 0.4) is 0 Å². The monoisotopic (exact) mass is 220 g/mol. The van der Waals surface area contributed by atoms with E-state index in [1.165, 1.54) is 11.3 Å². The first-order valence-corrected chi connectivity index (χ1v) is 5.47. The zero-order valence-electron chi connectivity index (χ0n) is 7.77. The molecule has 1 aliphatic rings. The van der Waals surface area contributed by atoms with Crippen LogP contribution in [0.5, 0.6) is 5.75 Å². The number of aliphatic hydroxyl groups excluding tert-OH is 1. The maximum atomic E-state index is 11.6. The lowest BCUT2D eigenvalue weighted by molar-refractivity contribution is -0.0228. The summed E-state index contributed by atoms with van der Waals surface area (Å²) in [6, 6.07) is 7.66. The number of aliphatic hydroxyl groups is 1. The van der Waals surface area contributed by atoms with Crippen molar-refractivity contribution < 1.29 is 14.6 Å². The van der Waals surface area contributed by atoms with E-state index in [-0.39, 0.29) is 12.2 Å². The van der Waals surface area contributed by atoms with Gasteiger partial charge in [0.25, 0.3) is 0 Å². The standard InChI is InChI=1S/C11H8O3S/c12-7-5-9(13)14-10-6-3-1-2-4-8(6)15-11(7)10/h1-4,9,13H,5H2. The molecule has 0 aliphatic carbocycles. The first-order valence-electron chi connectivity index (χ1n) is 4.65. The molecule has 0 bridgehead atoms. The largest absolute Gasteiger partial charge is 0.462 e. The van der Waals surface area contributed by atoms with E-state index < -0.39 is 6.29 Å². The van der Waals surface area contributed by atoms with Gasteiger partial charge in [0.2, 0.25) is 6.29 Å². The molecule has 1 unspecified atom stereocenters. The average molecular weight is 220 g/mol. The van der Waals surface area contributed by atoms with Crippen molar-refractivity contribution in [2.45, 2.75) is 12.7 Å². The second-order valence-electron chi connectivity index (χ2n) is 3.46. The first kappa shape index (κ1) is 8.88. The Labute approximate surface area is 89.9 Å². The maximum Gasteiger partial charge on any atom is 0.204 e. The molecule has 2 aromatic rings. The van der Waals surface area contributed by atoms with Gasteiger partial charge in [-0.25, -0.2) is 0 Å². The number of fused-ring (bicyclic) bond motifs is 3. The van der Waals surface area contributed by atoms with Crippen LogP contribution >= 0.6 is 11.3 Å². The first-order chi connectivity index (χ1) is 7.25. The second kappa shape index (κ2) is 3.05. The molecule has 3 nitrogen and oxygen atoms in total. The summed E-state index contributed by atoms with van der Waals surface area (Å²) in [6.07, 6.45) is -0.942. The number of rotatable bonds is 0. The van der Waals surface area contributed by atoms with Crippen molar-refractivity contribution in [1.29, 1.82) is 0 Å². The van der Waals surface area contributed by atoms with E-state index in [9.17, 15) is 9.90 Å². The van der Waals surface area contributed by atoms with E-state index in [2.05, 4.69) is 0 Å². The van der Waals surface area contributed by atoms with Crippen molar-refractivity contribution in [3.8, 4) is 5.75 Å². The van der Waals surface area contributed by atoms with Gasteiger partial charge in [-0.2, -0.15) is 0 Å². The zero-order valence-corrected chi connectivity index (χ0v) is 8.58. The molecule has 15 heavy (non-hydrogen) atoms. The van der Waals surface area contributed by atoms with E-state index in [1.54, 1.807) is 0 Å². The van der Waals surface area contributed by atoms with E-state index in [0.717, 1.165) is 10.1 Å². The molecule has 0 radical (unpaired) electrons. The molecular formula is C11H8O3S. The molecule has 1 N–H and O–H groups in total. The minimum Gasteiger partial charge on any atom is -0.462 e. The van der Waals surface area contributed by atoms with Crippen molar-refractivity contribution in [1.82, 2.24) is 0 Å². The number of ketones is 1. The molecular weight excluding hydrogens is 212 g/mol. The maximum absolute atomic E-state index is 11.6. The Morgan fingerprint density at radius 3 is 3.07 bits per heavy atom. The summed E-state index contributed by atoms with van der Waals surface area (Å²) >= 11 is 1.42. The third-order valence-corrected chi connectivity index (χ3v) is 3.61. The summed E-state index contributed by atoms with van der Waals surface area (Å²) in [5.74, 6) is 0.504. The van der Waals surface area contributed by atoms with Crippen LogP contribution < -0.4 is 4.74 Å². The van der Waals surface area contributed by atoms with Gasteiger partial charge in [-0.1, -0.05) is 12.1 Å². The highest BCUT2D eigenvalue weighted by molar-refractivity contribution is 7.21. The Hall–Kier alpha value is -1.39. The highest BCUT2D eigenvalue weighted by Crippen LogP contribution is 2.41. The summed E-state index contributed by atoms with van der Waals surface area (Å²) in [4.78, 5) is 12.3. The molecule has 1 atom stereocenters. The molecule has 1 aromatic heterocycles. The van der Waals surface area contributed by atoms with Crippen LogP contribution in [0, 0.1) is 0 Å². The fourth-order valence-corrected chi connectivity index (χ4v) is 2.84. The van der Waals surface area contributed by atoms with Gasteiger partial charge < -0.3 is 9.84 Å². The lowest BCUT2D eigenvalue weighted by Gasteiger charge is -2.18. The van der Waals surface area contributed by atoms with Crippen molar-refractivity contribution in [2.24, 2.45) is 0 Å². The molecule has 1 aromatic carbocycles. The second-order valence-corrected chi connectivity index (χ2v) is 4.51. The lowest BCUT2D eigenvalue weighted by Crippen LogP contribution is -2.24. The number of benzene rings is 1. The molecule has 0 fully saturated rings. The van der Waals surface area contributed by atoms with Gasteiger partial charge in [-0.15, -0.1) is 11.3 Å². The highest BCUT2D eigenvalue weighted by Gasteiger charge is 2.28. The van der Waals surface area contributed by atoms with E-state index in [0.29, 0.717) is 10.6 Å². The summed E-state index contributed by atoms with van der Waals surface area (Å²) < 4.78 is 6.32. The van der Waals surface area contributed by atoms with Crippen molar-refractivity contribution in [3.63, 3.8) is 0 Å². The van der Waals surface area contributed by atoms with Gasteiger partial charge in [0.1, 0.15) is 4.88 Å². The van der Waals surface area contributed by atoms with Gasteiger partial charge >= 0.3 is 0 Å². The molecule has 0 spiro atoms. The Kier molecular flexibility index (Phi) is 1.81. The van der Waals surface area contributed by atoms with Crippen LogP contribution in [0.25, 0.3) is 10.1 Å². The van der Waals surface area contributed by atoms with E-state index in [1.807, 2.05) is 24.3 Å². The van der Waals surface area contributed by atoms with E-state index in [4.69, 9.17) is 4.74 Å². The Bertz CT molecular complexity index is 544. The minimum atomic E-state index is -0.997. The molecule has 1 aliphatic heterocycles. The Morgan fingerprint density at radius 1 is 1.40 bits per heavy atom. The lowest BCUT2D eigenvalue weighted by atomic mass is 10.1. The van der Waals surface area contributed by atoms with Crippen molar-refractivity contribution in [2.75, 3.05) is 0 Å². The van der Waals surface area contributed by atoms with Gasteiger partial charge in [-0.3, -0.25) is 4.79 Å². The van der Waals surface area contributed by atoms with Crippen LogP contribution in [-0.4, -0.2) is 17.2 Å². The molecule has 0 saturated carbocycles. The Morgan fingerprint density at radius 2 is 2.20 bits per heavy atom.